The van der Waals surface area contributed by atoms with E-state index in [1.54, 1.807) is 14.0 Å². The first-order chi connectivity index (χ1) is 3.83. The summed E-state index contributed by atoms with van der Waals surface area (Å²) in [5.74, 6) is 1.16. The van der Waals surface area contributed by atoms with Crippen molar-refractivity contribution in [1.29, 1.82) is 0 Å². The highest BCUT2D eigenvalue weighted by atomic mass is 16.5. The average Bonchev–Trinajstić information content (AvgIpc) is 2.14. The second-order valence-electron chi connectivity index (χ2n) is 1.41. The number of hydrogen-bond acceptors (Lipinski definition) is 3. The lowest BCUT2D eigenvalue weighted by Gasteiger charge is -1.83. The maximum Gasteiger partial charge on any atom is 0.252 e. The molecule has 0 fully saturated rings. The lowest BCUT2D eigenvalue weighted by molar-refractivity contribution is 0.395. The van der Waals surface area contributed by atoms with Crippen LogP contribution in [0, 0.1) is 6.92 Å². The standard InChI is InChI=1S/C5H7NO2/c1-4-6-5(7-2)3-8-4/h3H,1-2H3. The molecule has 0 spiro atoms. The van der Waals surface area contributed by atoms with Crippen LogP contribution in [0.1, 0.15) is 5.89 Å². The van der Waals surface area contributed by atoms with Crippen LogP contribution in [0.2, 0.25) is 0 Å². The number of rotatable bonds is 1. The predicted octanol–water partition coefficient (Wildman–Crippen LogP) is 0.992. The van der Waals surface area contributed by atoms with Crippen LogP contribution in [0.3, 0.4) is 0 Å². The average molecular weight is 113 g/mol. The summed E-state index contributed by atoms with van der Waals surface area (Å²) in [7, 11) is 1.55. The van der Waals surface area contributed by atoms with Crippen LogP contribution in [0.15, 0.2) is 10.7 Å². The Balaban J connectivity index is 2.84. The minimum atomic E-state index is 0.530. The Kier molecular flexibility index (Phi) is 1.20. The van der Waals surface area contributed by atoms with E-state index in [0.29, 0.717) is 11.8 Å². The summed E-state index contributed by atoms with van der Waals surface area (Å²) in [6.07, 6.45) is 1.47. The van der Waals surface area contributed by atoms with Crippen LogP contribution in [0.4, 0.5) is 0 Å². The van der Waals surface area contributed by atoms with Crippen molar-refractivity contribution in [1.82, 2.24) is 4.98 Å². The highest BCUT2D eigenvalue weighted by Crippen LogP contribution is 2.06. The van der Waals surface area contributed by atoms with Crippen molar-refractivity contribution in [3.63, 3.8) is 0 Å². The molecule has 0 radical (unpaired) electrons. The van der Waals surface area contributed by atoms with Gasteiger partial charge >= 0.3 is 0 Å². The van der Waals surface area contributed by atoms with E-state index in [9.17, 15) is 0 Å². The van der Waals surface area contributed by atoms with Gasteiger partial charge in [0.1, 0.15) is 0 Å². The Morgan fingerprint density at radius 2 is 2.50 bits per heavy atom. The van der Waals surface area contributed by atoms with Gasteiger partial charge in [-0.2, -0.15) is 4.98 Å². The molecular formula is C5H7NO2. The van der Waals surface area contributed by atoms with Crippen LogP contribution in [-0.4, -0.2) is 12.1 Å². The maximum atomic E-state index is 4.82. The molecule has 0 N–H and O–H groups in total. The number of ether oxygens (including phenoxy) is 1. The third kappa shape index (κ3) is 0.804. The van der Waals surface area contributed by atoms with Crippen LogP contribution < -0.4 is 4.74 Å². The first kappa shape index (κ1) is 5.15. The Labute approximate surface area is 47.3 Å². The summed E-state index contributed by atoms with van der Waals surface area (Å²) in [6, 6.07) is 0. The molecule has 3 heteroatoms. The fraction of sp³-hybridized carbons (Fsp3) is 0.400. The first-order valence-electron chi connectivity index (χ1n) is 2.29. The fourth-order valence-electron chi connectivity index (χ4n) is 0.437. The summed E-state index contributed by atoms with van der Waals surface area (Å²) in [5.41, 5.74) is 0. The van der Waals surface area contributed by atoms with E-state index in [0.717, 1.165) is 0 Å². The first-order valence-corrected chi connectivity index (χ1v) is 2.29. The molecule has 8 heavy (non-hydrogen) atoms. The van der Waals surface area contributed by atoms with Crippen molar-refractivity contribution in [2.24, 2.45) is 0 Å². The molecule has 0 bridgehead atoms. The molecule has 0 aromatic carbocycles. The number of hydrogen-bond donors (Lipinski definition) is 0. The van der Waals surface area contributed by atoms with E-state index in [4.69, 9.17) is 9.15 Å². The van der Waals surface area contributed by atoms with E-state index >= 15 is 0 Å². The molecule has 44 valence electrons. The highest BCUT2D eigenvalue weighted by molar-refractivity contribution is 5.00. The second kappa shape index (κ2) is 1.86. The Hall–Kier alpha value is -0.990. The molecule has 0 aliphatic heterocycles. The van der Waals surface area contributed by atoms with Crippen molar-refractivity contribution in [2.45, 2.75) is 6.92 Å². The molecular weight excluding hydrogens is 106 g/mol. The minimum Gasteiger partial charge on any atom is -0.479 e. The molecule has 0 amide bonds. The second-order valence-corrected chi connectivity index (χ2v) is 1.41. The van der Waals surface area contributed by atoms with Crippen LogP contribution in [0.25, 0.3) is 0 Å². The zero-order valence-electron chi connectivity index (χ0n) is 4.84. The number of aryl methyl sites for hydroxylation is 1. The number of oxazole rings is 1. The smallest absolute Gasteiger partial charge is 0.252 e. The zero-order chi connectivity index (χ0) is 5.98. The summed E-state index contributed by atoms with van der Waals surface area (Å²) >= 11 is 0. The summed E-state index contributed by atoms with van der Waals surface area (Å²) < 4.78 is 9.55. The molecule has 1 aromatic heterocycles. The van der Waals surface area contributed by atoms with E-state index < -0.39 is 0 Å². The van der Waals surface area contributed by atoms with Crippen LogP contribution in [0.5, 0.6) is 5.88 Å². The number of nitrogens with zero attached hydrogens (tertiary/aromatic N) is 1. The van der Waals surface area contributed by atoms with E-state index in [-0.39, 0.29) is 0 Å². The third-order valence-electron chi connectivity index (χ3n) is 0.807. The summed E-state index contributed by atoms with van der Waals surface area (Å²) in [5, 5.41) is 0. The zero-order valence-corrected chi connectivity index (χ0v) is 4.84. The largest absolute Gasteiger partial charge is 0.479 e. The van der Waals surface area contributed by atoms with E-state index in [2.05, 4.69) is 4.98 Å². The van der Waals surface area contributed by atoms with Gasteiger partial charge in [-0.05, 0) is 0 Å². The van der Waals surface area contributed by atoms with Crippen molar-refractivity contribution >= 4 is 0 Å². The van der Waals surface area contributed by atoms with Gasteiger partial charge in [0.15, 0.2) is 12.2 Å². The number of methoxy groups -OCH3 is 1. The molecule has 0 unspecified atom stereocenters. The van der Waals surface area contributed by atoms with Crippen molar-refractivity contribution in [2.75, 3.05) is 7.11 Å². The maximum absolute atomic E-state index is 4.82. The molecule has 1 heterocycles. The van der Waals surface area contributed by atoms with Gasteiger partial charge in [0.25, 0.3) is 5.88 Å². The SMILES string of the molecule is COc1coc(C)n1. The Morgan fingerprint density at radius 1 is 1.75 bits per heavy atom. The van der Waals surface area contributed by atoms with Gasteiger partial charge in [0.2, 0.25) is 0 Å². The van der Waals surface area contributed by atoms with Crippen molar-refractivity contribution in [3.05, 3.63) is 12.2 Å². The predicted molar refractivity (Wildman–Crippen MR) is 27.8 cm³/mol. The molecule has 1 aromatic rings. The van der Waals surface area contributed by atoms with Gasteiger partial charge in [0.05, 0.1) is 7.11 Å². The third-order valence-corrected chi connectivity index (χ3v) is 0.807. The van der Waals surface area contributed by atoms with Crippen molar-refractivity contribution < 1.29 is 9.15 Å². The van der Waals surface area contributed by atoms with Crippen molar-refractivity contribution in [3.8, 4) is 5.88 Å². The summed E-state index contributed by atoms with van der Waals surface area (Å²) in [4.78, 5) is 3.84. The van der Waals surface area contributed by atoms with Gasteiger partial charge in [-0.25, -0.2) is 0 Å². The van der Waals surface area contributed by atoms with Crippen LogP contribution in [-0.2, 0) is 0 Å². The molecule has 1 rings (SSSR count). The highest BCUT2D eigenvalue weighted by Gasteiger charge is 1.94. The minimum absolute atomic E-state index is 0.530. The summed E-state index contributed by atoms with van der Waals surface area (Å²) in [6.45, 7) is 1.77. The Bertz CT molecular complexity index is 171. The van der Waals surface area contributed by atoms with Crippen LogP contribution >= 0.6 is 0 Å². The fourth-order valence-corrected chi connectivity index (χ4v) is 0.437. The van der Waals surface area contributed by atoms with Gasteiger partial charge in [-0.3, -0.25) is 0 Å². The molecule has 0 saturated carbocycles. The lowest BCUT2D eigenvalue weighted by Crippen LogP contribution is -1.80. The van der Waals surface area contributed by atoms with Gasteiger partial charge in [-0.15, -0.1) is 0 Å². The normalized spacial score (nSPS) is 9.25. The van der Waals surface area contributed by atoms with Gasteiger partial charge in [-0.1, -0.05) is 0 Å². The lowest BCUT2D eigenvalue weighted by atomic mass is 10.8. The van der Waals surface area contributed by atoms with E-state index in [1.165, 1.54) is 6.26 Å². The van der Waals surface area contributed by atoms with Gasteiger partial charge < -0.3 is 9.15 Å². The topological polar surface area (TPSA) is 35.3 Å². The number of aromatic nitrogens is 1. The molecule has 0 saturated heterocycles. The van der Waals surface area contributed by atoms with E-state index in [1.807, 2.05) is 0 Å². The monoisotopic (exact) mass is 113 g/mol. The Morgan fingerprint density at radius 3 is 2.75 bits per heavy atom. The van der Waals surface area contributed by atoms with Gasteiger partial charge in [0, 0.05) is 6.92 Å². The quantitative estimate of drug-likeness (QED) is 0.544. The molecule has 3 nitrogen and oxygen atoms in total. The molecule has 0 aliphatic carbocycles. The molecule has 0 atom stereocenters. The molecule has 0 aliphatic rings.